The van der Waals surface area contributed by atoms with E-state index < -0.39 is 0 Å². The Bertz CT molecular complexity index is 382. The summed E-state index contributed by atoms with van der Waals surface area (Å²) in [5, 5.41) is 0. The molecule has 0 aliphatic heterocycles. The predicted octanol–water partition coefficient (Wildman–Crippen LogP) is 2.60. The molecule has 2 rings (SSSR count). The minimum Gasteiger partial charge on any atom is -0.465 e. The molecular weight excluding hydrogens is 176 g/mol. The molecule has 0 unspecified atom stereocenters. The van der Waals surface area contributed by atoms with Crippen LogP contribution in [0.4, 0.5) is 0 Å². The van der Waals surface area contributed by atoms with E-state index in [1.54, 1.807) is 24.5 Å². The van der Waals surface area contributed by atoms with Crippen molar-refractivity contribution in [3.8, 4) is 0 Å². The lowest BCUT2D eigenvalue weighted by atomic mass is 10.1. The first-order valence-electron chi connectivity index (χ1n) is 4.47. The maximum atomic E-state index is 11.5. The van der Waals surface area contributed by atoms with Crippen molar-refractivity contribution in [1.29, 1.82) is 0 Å². The second-order valence-electron chi connectivity index (χ2n) is 3.05. The van der Waals surface area contributed by atoms with E-state index in [0.717, 1.165) is 0 Å². The first-order chi connectivity index (χ1) is 6.86. The van der Waals surface area contributed by atoms with E-state index in [1.807, 2.05) is 30.4 Å². The molecule has 0 saturated carbocycles. The maximum absolute atomic E-state index is 11.5. The predicted molar refractivity (Wildman–Crippen MR) is 54.5 cm³/mol. The number of allylic oxidation sites excluding steroid dienone is 5. The minimum atomic E-state index is -0.0961. The zero-order valence-corrected chi connectivity index (χ0v) is 7.59. The van der Waals surface area contributed by atoms with E-state index >= 15 is 0 Å². The first kappa shape index (κ1) is 8.75. The molecule has 1 heterocycles. The van der Waals surface area contributed by atoms with Gasteiger partial charge in [-0.1, -0.05) is 24.3 Å². The highest BCUT2D eigenvalue weighted by Crippen LogP contribution is 2.11. The number of carbonyl (C=O) groups excluding carboxylic acids is 1. The highest BCUT2D eigenvalue weighted by Gasteiger charge is 2.10. The first-order valence-corrected chi connectivity index (χ1v) is 4.47. The molecule has 2 nitrogen and oxygen atoms in total. The van der Waals surface area contributed by atoms with Crippen LogP contribution in [0.15, 0.2) is 53.2 Å². The van der Waals surface area contributed by atoms with Gasteiger partial charge in [-0.25, -0.2) is 0 Å². The van der Waals surface area contributed by atoms with E-state index in [9.17, 15) is 4.79 Å². The van der Waals surface area contributed by atoms with Crippen molar-refractivity contribution in [2.75, 3.05) is 0 Å². The topological polar surface area (TPSA) is 30.2 Å². The van der Waals surface area contributed by atoms with E-state index in [-0.39, 0.29) is 11.7 Å². The van der Waals surface area contributed by atoms with Crippen LogP contribution >= 0.6 is 0 Å². The summed E-state index contributed by atoms with van der Waals surface area (Å²) in [4.78, 5) is 11.5. The fourth-order valence-corrected chi connectivity index (χ4v) is 1.28. The third-order valence-corrected chi connectivity index (χ3v) is 2.03. The average molecular weight is 186 g/mol. The molecule has 0 bridgehead atoms. The van der Waals surface area contributed by atoms with E-state index in [2.05, 4.69) is 0 Å². The zero-order chi connectivity index (χ0) is 9.80. The Kier molecular flexibility index (Phi) is 2.45. The van der Waals surface area contributed by atoms with Gasteiger partial charge in [0, 0.05) is 0 Å². The number of ketones is 1. The molecule has 70 valence electrons. The number of carbonyl (C=O) groups is 1. The third-order valence-electron chi connectivity index (χ3n) is 2.03. The number of rotatable bonds is 3. The fourth-order valence-electron chi connectivity index (χ4n) is 1.28. The van der Waals surface area contributed by atoms with Crippen LogP contribution in [-0.2, 0) is 4.79 Å². The summed E-state index contributed by atoms with van der Waals surface area (Å²) in [6.07, 6.45) is 12.3. The average Bonchev–Trinajstić information content (AvgIpc) is 2.87. The summed E-state index contributed by atoms with van der Waals surface area (Å²) in [6.45, 7) is 0. The van der Waals surface area contributed by atoms with Crippen LogP contribution in [0.3, 0.4) is 0 Å². The van der Waals surface area contributed by atoms with Crippen LogP contribution < -0.4 is 0 Å². The quantitative estimate of drug-likeness (QED) is 0.679. The largest absolute Gasteiger partial charge is 0.465 e. The SMILES string of the molecule is O=C(/C=C/c1ccco1)C1C=CC=C1. The molecule has 1 aromatic rings. The smallest absolute Gasteiger partial charge is 0.166 e. The number of hydrogen-bond acceptors (Lipinski definition) is 2. The highest BCUT2D eigenvalue weighted by molar-refractivity contribution is 5.97. The summed E-state index contributed by atoms with van der Waals surface area (Å²) in [7, 11) is 0. The Balaban J connectivity index is 2.01. The lowest BCUT2D eigenvalue weighted by Gasteiger charge is -1.96. The molecule has 0 N–H and O–H groups in total. The molecule has 0 aromatic carbocycles. The summed E-state index contributed by atoms with van der Waals surface area (Å²) in [5.41, 5.74) is 0. The molecule has 0 radical (unpaired) electrons. The highest BCUT2D eigenvalue weighted by atomic mass is 16.3. The Morgan fingerprint density at radius 3 is 2.79 bits per heavy atom. The molecule has 2 heteroatoms. The van der Waals surface area contributed by atoms with Gasteiger partial charge in [0.15, 0.2) is 5.78 Å². The molecule has 1 aromatic heterocycles. The van der Waals surface area contributed by atoms with Gasteiger partial charge in [0.1, 0.15) is 5.76 Å². The Morgan fingerprint density at radius 2 is 2.14 bits per heavy atom. The van der Waals surface area contributed by atoms with Crippen LogP contribution in [0.1, 0.15) is 5.76 Å². The summed E-state index contributed by atoms with van der Waals surface area (Å²) < 4.78 is 5.07. The lowest BCUT2D eigenvalue weighted by molar-refractivity contribution is -0.115. The Morgan fingerprint density at radius 1 is 1.36 bits per heavy atom. The summed E-state index contributed by atoms with van der Waals surface area (Å²) in [5.74, 6) is 0.678. The molecule has 0 amide bonds. The molecule has 0 spiro atoms. The van der Waals surface area contributed by atoms with Crippen LogP contribution in [0.25, 0.3) is 6.08 Å². The lowest BCUT2D eigenvalue weighted by Crippen LogP contribution is -2.03. The van der Waals surface area contributed by atoms with Crippen molar-refractivity contribution in [3.63, 3.8) is 0 Å². The van der Waals surface area contributed by atoms with Crippen molar-refractivity contribution in [1.82, 2.24) is 0 Å². The standard InChI is InChI=1S/C12H10O2/c13-12(10-4-1-2-5-10)8-7-11-6-3-9-14-11/h1-10H/b8-7+. The van der Waals surface area contributed by atoms with Gasteiger partial charge < -0.3 is 4.42 Å². The van der Waals surface area contributed by atoms with Gasteiger partial charge in [-0.05, 0) is 24.3 Å². The van der Waals surface area contributed by atoms with Gasteiger partial charge in [-0.3, -0.25) is 4.79 Å². The van der Waals surface area contributed by atoms with Gasteiger partial charge >= 0.3 is 0 Å². The summed E-state index contributed by atoms with van der Waals surface area (Å²) >= 11 is 0. The van der Waals surface area contributed by atoms with Crippen LogP contribution in [0.5, 0.6) is 0 Å². The van der Waals surface area contributed by atoms with Gasteiger partial charge in [0.2, 0.25) is 0 Å². The van der Waals surface area contributed by atoms with Gasteiger partial charge in [0.25, 0.3) is 0 Å². The van der Waals surface area contributed by atoms with E-state index in [1.165, 1.54) is 0 Å². The van der Waals surface area contributed by atoms with E-state index in [4.69, 9.17) is 4.42 Å². The molecule has 0 fully saturated rings. The Labute approximate surface area is 82.2 Å². The van der Waals surface area contributed by atoms with Crippen molar-refractivity contribution >= 4 is 11.9 Å². The molecule has 0 saturated heterocycles. The van der Waals surface area contributed by atoms with Gasteiger partial charge in [-0.15, -0.1) is 0 Å². The molecule has 0 atom stereocenters. The van der Waals surface area contributed by atoms with Crippen LogP contribution in [-0.4, -0.2) is 5.78 Å². The Hall–Kier alpha value is -1.83. The number of hydrogen-bond donors (Lipinski definition) is 0. The minimum absolute atomic E-state index is 0.0754. The van der Waals surface area contributed by atoms with Crippen molar-refractivity contribution in [2.24, 2.45) is 5.92 Å². The second kappa shape index (κ2) is 3.92. The third kappa shape index (κ3) is 1.91. The van der Waals surface area contributed by atoms with Crippen molar-refractivity contribution in [3.05, 3.63) is 54.5 Å². The van der Waals surface area contributed by atoms with Crippen molar-refractivity contribution in [2.45, 2.75) is 0 Å². The monoisotopic (exact) mass is 186 g/mol. The van der Waals surface area contributed by atoms with Crippen LogP contribution in [0, 0.1) is 5.92 Å². The van der Waals surface area contributed by atoms with Crippen molar-refractivity contribution < 1.29 is 9.21 Å². The summed E-state index contributed by atoms with van der Waals surface area (Å²) in [6, 6.07) is 3.60. The number of furan rings is 1. The fraction of sp³-hybridized carbons (Fsp3) is 0.0833. The van der Waals surface area contributed by atoms with Gasteiger partial charge in [-0.2, -0.15) is 0 Å². The molecule has 1 aliphatic carbocycles. The molecule has 1 aliphatic rings. The zero-order valence-electron chi connectivity index (χ0n) is 7.59. The van der Waals surface area contributed by atoms with Gasteiger partial charge in [0.05, 0.1) is 12.2 Å². The maximum Gasteiger partial charge on any atom is 0.166 e. The normalized spacial score (nSPS) is 15.7. The van der Waals surface area contributed by atoms with Crippen LogP contribution in [0.2, 0.25) is 0 Å². The molecule has 14 heavy (non-hydrogen) atoms. The second-order valence-corrected chi connectivity index (χ2v) is 3.05. The van der Waals surface area contributed by atoms with E-state index in [0.29, 0.717) is 5.76 Å². The molecular formula is C12H10O2.